The van der Waals surface area contributed by atoms with Crippen molar-refractivity contribution in [2.24, 2.45) is 0 Å². The van der Waals surface area contributed by atoms with E-state index in [1.54, 1.807) is 33.0 Å². The molecule has 7 nitrogen and oxygen atoms in total. The molecule has 0 fully saturated rings. The molecule has 0 aliphatic rings. The van der Waals surface area contributed by atoms with Crippen LogP contribution in [0.3, 0.4) is 0 Å². The third-order valence-corrected chi connectivity index (χ3v) is 4.41. The fourth-order valence-corrected chi connectivity index (χ4v) is 3.07. The number of hydroxylamine groups is 1. The second-order valence-corrected chi connectivity index (χ2v) is 8.01. The number of carbonyl (C=O) groups is 2. The number of para-hydroxylation sites is 1. The first kappa shape index (κ1) is 21.5. The van der Waals surface area contributed by atoms with Crippen LogP contribution in [0.25, 0.3) is 10.9 Å². The van der Waals surface area contributed by atoms with Crippen LogP contribution in [0.5, 0.6) is 0 Å². The van der Waals surface area contributed by atoms with Gasteiger partial charge in [-0.25, -0.2) is 4.79 Å². The van der Waals surface area contributed by atoms with Crippen LogP contribution in [0.4, 0.5) is 4.79 Å². The molecule has 1 atom stereocenters. The van der Waals surface area contributed by atoms with E-state index >= 15 is 0 Å². The minimum atomic E-state index is -1.04. The predicted octanol–water partition coefficient (Wildman–Crippen LogP) is 4.14. The van der Waals surface area contributed by atoms with Crippen LogP contribution in [-0.2, 0) is 27.4 Å². The molecule has 0 radical (unpaired) electrons. The van der Waals surface area contributed by atoms with Gasteiger partial charge in [0.2, 0.25) is 0 Å². The Labute approximate surface area is 175 Å². The largest absolute Gasteiger partial charge is 0.480 e. The summed E-state index contributed by atoms with van der Waals surface area (Å²) < 4.78 is 6.90. The van der Waals surface area contributed by atoms with Crippen LogP contribution in [0.1, 0.15) is 31.9 Å². The van der Waals surface area contributed by atoms with Gasteiger partial charge in [-0.2, -0.15) is 5.48 Å². The summed E-state index contributed by atoms with van der Waals surface area (Å²) in [6.45, 7) is 5.63. The predicted molar refractivity (Wildman–Crippen MR) is 113 cm³/mol. The monoisotopic (exact) mass is 410 g/mol. The molecule has 3 rings (SSSR count). The summed E-state index contributed by atoms with van der Waals surface area (Å²) in [5.74, 6) is -1.04. The van der Waals surface area contributed by atoms with E-state index in [0.29, 0.717) is 11.1 Å². The Balaban J connectivity index is 1.78. The minimum absolute atomic E-state index is 0.139. The molecule has 0 unspecified atom stereocenters. The van der Waals surface area contributed by atoms with Crippen LogP contribution in [0, 0.1) is 0 Å². The lowest BCUT2D eigenvalue weighted by atomic mass is 10.1. The van der Waals surface area contributed by atoms with Gasteiger partial charge in [-0.1, -0.05) is 48.5 Å². The number of carbonyl (C=O) groups excluding carboxylic acids is 1. The quantitative estimate of drug-likeness (QED) is 0.569. The normalized spacial score (nSPS) is 12.6. The smallest absolute Gasteiger partial charge is 0.419 e. The van der Waals surface area contributed by atoms with E-state index in [-0.39, 0.29) is 13.0 Å². The SMILES string of the molecule is CC(C)(C)OC(=O)n1cc(C[C@H](NOCc2ccccc2)C(=O)O)c2ccccc21. The zero-order valence-corrected chi connectivity index (χ0v) is 17.3. The average molecular weight is 410 g/mol. The minimum Gasteiger partial charge on any atom is -0.480 e. The fourth-order valence-electron chi connectivity index (χ4n) is 3.07. The summed E-state index contributed by atoms with van der Waals surface area (Å²) in [6, 6.07) is 15.8. The van der Waals surface area contributed by atoms with Gasteiger partial charge in [-0.15, -0.1) is 0 Å². The van der Waals surface area contributed by atoms with Crippen LogP contribution in [0.2, 0.25) is 0 Å². The van der Waals surface area contributed by atoms with Crippen molar-refractivity contribution in [2.45, 2.75) is 45.4 Å². The first-order chi connectivity index (χ1) is 14.2. The van der Waals surface area contributed by atoms with Crippen molar-refractivity contribution in [1.29, 1.82) is 0 Å². The summed E-state index contributed by atoms with van der Waals surface area (Å²) in [5.41, 5.74) is 4.29. The Morgan fingerprint density at radius 3 is 2.40 bits per heavy atom. The van der Waals surface area contributed by atoms with Gasteiger partial charge in [0.15, 0.2) is 0 Å². The third kappa shape index (κ3) is 5.46. The topological polar surface area (TPSA) is 89.8 Å². The van der Waals surface area contributed by atoms with Crippen LogP contribution in [-0.4, -0.2) is 33.4 Å². The van der Waals surface area contributed by atoms with Crippen molar-refractivity contribution < 1.29 is 24.3 Å². The standard InChI is InChI=1S/C23H26N2O5/c1-23(2,3)30-22(28)25-14-17(18-11-7-8-12-20(18)25)13-19(21(26)27)24-29-15-16-9-5-4-6-10-16/h4-12,14,19,24H,13,15H2,1-3H3,(H,26,27)/t19-/m0/s1. The lowest BCUT2D eigenvalue weighted by Gasteiger charge is -2.19. The highest BCUT2D eigenvalue weighted by Crippen LogP contribution is 2.24. The third-order valence-electron chi connectivity index (χ3n) is 4.41. The number of aromatic nitrogens is 1. The summed E-state index contributed by atoms with van der Waals surface area (Å²) in [7, 11) is 0. The second kappa shape index (κ2) is 9.11. The number of nitrogens with one attached hydrogen (secondary N) is 1. The Kier molecular flexibility index (Phi) is 6.54. The number of aliphatic carboxylic acids is 1. The average Bonchev–Trinajstić information content (AvgIpc) is 3.05. The lowest BCUT2D eigenvalue weighted by molar-refractivity contribution is -0.144. The van der Waals surface area contributed by atoms with E-state index < -0.39 is 23.7 Å². The Bertz CT molecular complexity index is 1020. The highest BCUT2D eigenvalue weighted by molar-refractivity contribution is 5.92. The molecule has 0 bridgehead atoms. The number of nitrogens with zero attached hydrogens (tertiary/aromatic N) is 1. The Morgan fingerprint density at radius 2 is 1.73 bits per heavy atom. The van der Waals surface area contributed by atoms with Crippen LogP contribution >= 0.6 is 0 Å². The molecule has 1 heterocycles. The Morgan fingerprint density at radius 1 is 1.07 bits per heavy atom. The van der Waals surface area contributed by atoms with Crippen molar-refractivity contribution in [3.8, 4) is 0 Å². The van der Waals surface area contributed by atoms with Crippen molar-refractivity contribution in [2.75, 3.05) is 0 Å². The number of hydrogen-bond donors (Lipinski definition) is 2. The highest BCUT2D eigenvalue weighted by atomic mass is 16.6. The molecule has 0 saturated heterocycles. The van der Waals surface area contributed by atoms with Gasteiger partial charge < -0.3 is 9.84 Å². The first-order valence-electron chi connectivity index (χ1n) is 9.71. The van der Waals surface area contributed by atoms with Gasteiger partial charge in [0.05, 0.1) is 12.1 Å². The van der Waals surface area contributed by atoms with Crippen LogP contribution < -0.4 is 5.48 Å². The molecule has 1 aromatic heterocycles. The van der Waals surface area contributed by atoms with E-state index in [0.717, 1.165) is 10.9 Å². The maximum absolute atomic E-state index is 12.6. The number of carboxylic acids is 1. The van der Waals surface area contributed by atoms with Gasteiger partial charge >= 0.3 is 12.1 Å². The zero-order valence-electron chi connectivity index (χ0n) is 17.3. The molecule has 7 heteroatoms. The van der Waals surface area contributed by atoms with E-state index in [1.165, 1.54) is 4.57 Å². The maximum Gasteiger partial charge on any atom is 0.419 e. The molecule has 0 aliphatic carbocycles. The van der Waals surface area contributed by atoms with E-state index in [9.17, 15) is 14.7 Å². The molecule has 2 aromatic carbocycles. The summed E-state index contributed by atoms with van der Waals surface area (Å²) >= 11 is 0. The maximum atomic E-state index is 12.6. The van der Waals surface area contributed by atoms with Crippen molar-refractivity contribution in [1.82, 2.24) is 10.0 Å². The number of benzene rings is 2. The fraction of sp³-hybridized carbons (Fsp3) is 0.304. The summed E-state index contributed by atoms with van der Waals surface area (Å²) in [4.78, 5) is 29.8. The van der Waals surface area contributed by atoms with Gasteiger partial charge in [0, 0.05) is 18.0 Å². The molecule has 0 saturated carbocycles. The van der Waals surface area contributed by atoms with Gasteiger partial charge in [-0.3, -0.25) is 14.2 Å². The molecule has 2 N–H and O–H groups in total. The van der Waals surface area contributed by atoms with Gasteiger partial charge in [0.25, 0.3) is 0 Å². The van der Waals surface area contributed by atoms with E-state index in [2.05, 4.69) is 5.48 Å². The van der Waals surface area contributed by atoms with Crippen molar-refractivity contribution in [3.05, 3.63) is 71.9 Å². The van der Waals surface area contributed by atoms with Crippen molar-refractivity contribution in [3.63, 3.8) is 0 Å². The number of ether oxygens (including phenoxy) is 1. The lowest BCUT2D eigenvalue weighted by Crippen LogP contribution is -2.38. The van der Waals surface area contributed by atoms with E-state index in [4.69, 9.17) is 9.57 Å². The molecule has 0 aliphatic heterocycles. The number of hydrogen-bond acceptors (Lipinski definition) is 5. The molecule has 30 heavy (non-hydrogen) atoms. The molecule has 0 spiro atoms. The number of rotatable bonds is 7. The molecular weight excluding hydrogens is 384 g/mol. The highest BCUT2D eigenvalue weighted by Gasteiger charge is 2.24. The summed E-state index contributed by atoms with van der Waals surface area (Å²) in [6.07, 6.45) is 1.26. The number of fused-ring (bicyclic) bond motifs is 1. The molecular formula is C23H26N2O5. The molecule has 3 aromatic rings. The Hall–Kier alpha value is -3.16. The first-order valence-corrected chi connectivity index (χ1v) is 9.71. The summed E-state index contributed by atoms with van der Waals surface area (Å²) in [5, 5.41) is 10.4. The second-order valence-electron chi connectivity index (χ2n) is 8.01. The molecule has 158 valence electrons. The van der Waals surface area contributed by atoms with E-state index in [1.807, 2.05) is 48.5 Å². The van der Waals surface area contributed by atoms with Gasteiger partial charge in [-0.05, 0) is 38.0 Å². The number of carboxylic acid groups (broad SMARTS) is 1. The van der Waals surface area contributed by atoms with Crippen molar-refractivity contribution >= 4 is 23.0 Å². The van der Waals surface area contributed by atoms with Crippen LogP contribution in [0.15, 0.2) is 60.8 Å². The zero-order chi connectivity index (χ0) is 21.7. The molecule has 0 amide bonds. The van der Waals surface area contributed by atoms with Gasteiger partial charge in [0.1, 0.15) is 11.6 Å².